The topological polar surface area (TPSA) is 111 Å². The van der Waals surface area contributed by atoms with Crippen molar-refractivity contribution in [2.45, 2.75) is 25.0 Å². The van der Waals surface area contributed by atoms with E-state index < -0.39 is 35.5 Å². The first-order chi connectivity index (χ1) is 14.5. The van der Waals surface area contributed by atoms with E-state index >= 15 is 0 Å². The van der Waals surface area contributed by atoms with Gasteiger partial charge in [-0.2, -0.15) is 13.2 Å². The number of carbonyl (C=O) groups excluding carboxylic acids is 1. The molecule has 0 saturated carbocycles. The zero-order valence-corrected chi connectivity index (χ0v) is 15.4. The highest BCUT2D eigenvalue weighted by Gasteiger charge is 2.37. The molecule has 0 bridgehead atoms. The number of ether oxygens (including phenoxy) is 1. The van der Waals surface area contributed by atoms with Crippen molar-refractivity contribution >= 4 is 23.8 Å². The molecule has 0 aliphatic carbocycles. The minimum atomic E-state index is -5.27. The van der Waals surface area contributed by atoms with Crippen molar-refractivity contribution < 1.29 is 35.9 Å². The molecule has 14 heteroatoms. The maximum atomic E-state index is 13.0. The van der Waals surface area contributed by atoms with Gasteiger partial charge in [0, 0.05) is 18.3 Å². The van der Waals surface area contributed by atoms with Gasteiger partial charge in [0.05, 0.1) is 11.3 Å². The molecular weight excluding hydrogens is 434 g/mol. The van der Waals surface area contributed by atoms with Crippen molar-refractivity contribution in [3.8, 4) is 5.75 Å². The lowest BCUT2D eigenvalue weighted by atomic mass is 10.0. The van der Waals surface area contributed by atoms with E-state index in [4.69, 9.17) is 5.41 Å². The van der Waals surface area contributed by atoms with Gasteiger partial charge in [-0.1, -0.05) is 0 Å². The Bertz CT molecular complexity index is 982. The summed E-state index contributed by atoms with van der Waals surface area (Å²) in [5.41, 5.74) is -2.13. The molecule has 1 amide bonds. The molecule has 1 saturated heterocycles. The van der Waals surface area contributed by atoms with Crippen LogP contribution in [0.25, 0.3) is 0 Å². The second-order valence-electron chi connectivity index (χ2n) is 6.30. The van der Waals surface area contributed by atoms with E-state index in [1.165, 1.54) is 0 Å². The van der Waals surface area contributed by atoms with Gasteiger partial charge in [0.1, 0.15) is 17.5 Å². The summed E-state index contributed by atoms with van der Waals surface area (Å²) in [4.78, 5) is 11.7. The Balaban J connectivity index is 2.02. The van der Waals surface area contributed by atoms with Crippen LogP contribution in [0.4, 0.5) is 26.3 Å². The molecule has 1 aromatic carbocycles. The third-order valence-corrected chi connectivity index (χ3v) is 4.16. The molecule has 2 aliphatic rings. The zero-order chi connectivity index (χ0) is 22.8. The summed E-state index contributed by atoms with van der Waals surface area (Å²) in [5, 5.41) is 22.8. The Hall–Kier alpha value is -3.58. The van der Waals surface area contributed by atoms with Crippen LogP contribution < -0.4 is 20.7 Å². The van der Waals surface area contributed by atoms with E-state index in [2.05, 4.69) is 30.9 Å². The van der Waals surface area contributed by atoms with Crippen LogP contribution in [0.3, 0.4) is 0 Å². The second kappa shape index (κ2) is 8.28. The van der Waals surface area contributed by atoms with Crippen LogP contribution in [-0.2, 0) is 11.0 Å². The smallest absolute Gasteiger partial charge is 0.405 e. The Kier molecular flexibility index (Phi) is 5.90. The van der Waals surface area contributed by atoms with Crippen LogP contribution in [-0.4, -0.2) is 42.7 Å². The molecule has 0 radical (unpaired) electrons. The fourth-order valence-corrected chi connectivity index (χ4v) is 2.83. The summed E-state index contributed by atoms with van der Waals surface area (Å²) in [6, 6.07) is 0.914. The van der Waals surface area contributed by atoms with E-state index in [1.54, 1.807) is 0 Å². The maximum absolute atomic E-state index is 13.0. The summed E-state index contributed by atoms with van der Waals surface area (Å²) in [6.07, 6.45) is -7.82. The minimum absolute atomic E-state index is 0.0240. The lowest BCUT2D eigenvalue weighted by Gasteiger charge is -2.22. The monoisotopic (exact) mass is 448 g/mol. The Labute approximate surface area is 170 Å². The van der Waals surface area contributed by atoms with Crippen molar-refractivity contribution in [1.82, 2.24) is 16.0 Å². The molecule has 1 aromatic rings. The van der Waals surface area contributed by atoms with Gasteiger partial charge in [0.25, 0.3) is 0 Å². The van der Waals surface area contributed by atoms with E-state index in [0.717, 1.165) is 18.4 Å². The number of nitrogens with one attached hydrogen (secondary N) is 4. The highest BCUT2D eigenvalue weighted by molar-refractivity contribution is 6.18. The highest BCUT2D eigenvalue weighted by Crippen LogP contribution is 2.36. The number of hydrogen-bond acceptors (Lipinski definition) is 7. The molecule has 0 spiro atoms. The van der Waals surface area contributed by atoms with E-state index in [1.807, 2.05) is 0 Å². The van der Waals surface area contributed by atoms with Gasteiger partial charge in [-0.15, -0.1) is 23.4 Å². The summed E-state index contributed by atoms with van der Waals surface area (Å²) in [7, 11) is 0. The maximum Gasteiger partial charge on any atom is 0.573 e. The number of halogens is 6. The van der Waals surface area contributed by atoms with E-state index in [9.17, 15) is 31.1 Å². The largest absolute Gasteiger partial charge is 0.573 e. The first-order valence-electron chi connectivity index (χ1n) is 8.63. The van der Waals surface area contributed by atoms with Gasteiger partial charge < -0.3 is 26.1 Å². The molecule has 8 nitrogen and oxygen atoms in total. The van der Waals surface area contributed by atoms with Crippen LogP contribution >= 0.6 is 0 Å². The summed E-state index contributed by atoms with van der Waals surface area (Å²) in [5.74, 6) is -1.45. The third kappa shape index (κ3) is 5.32. The molecule has 2 aliphatic heterocycles. The van der Waals surface area contributed by atoms with Crippen LogP contribution in [0.5, 0.6) is 5.75 Å². The molecule has 31 heavy (non-hydrogen) atoms. The van der Waals surface area contributed by atoms with Gasteiger partial charge in [0.15, 0.2) is 0 Å². The van der Waals surface area contributed by atoms with E-state index in [0.29, 0.717) is 19.0 Å². The Morgan fingerprint density at radius 2 is 1.94 bits per heavy atom. The lowest BCUT2D eigenvalue weighted by Crippen LogP contribution is -2.48. The summed E-state index contributed by atoms with van der Waals surface area (Å²) >= 11 is 0. The van der Waals surface area contributed by atoms with Crippen LogP contribution in [0.2, 0.25) is 0 Å². The number of hydrogen-bond donors (Lipinski definition) is 4. The van der Waals surface area contributed by atoms with Crippen LogP contribution in [0.15, 0.2) is 40.2 Å². The van der Waals surface area contributed by atoms with Crippen molar-refractivity contribution in [2.24, 2.45) is 10.2 Å². The summed E-state index contributed by atoms with van der Waals surface area (Å²) in [6.45, 7) is 0.436. The predicted octanol–water partition coefficient (Wildman–Crippen LogP) is 2.28. The zero-order valence-electron chi connectivity index (χ0n) is 15.4. The second-order valence-corrected chi connectivity index (χ2v) is 6.30. The van der Waals surface area contributed by atoms with Gasteiger partial charge in [-0.05, 0) is 30.7 Å². The fraction of sp³-hybridized carbons (Fsp3) is 0.294. The van der Waals surface area contributed by atoms with Gasteiger partial charge in [-0.3, -0.25) is 4.79 Å². The summed E-state index contributed by atoms with van der Waals surface area (Å²) < 4.78 is 81.1. The first-order valence-corrected chi connectivity index (χ1v) is 8.63. The molecule has 1 atom stereocenters. The Morgan fingerprint density at radius 1 is 1.19 bits per heavy atom. The lowest BCUT2D eigenvalue weighted by molar-refractivity contribution is -0.274. The van der Waals surface area contributed by atoms with Gasteiger partial charge in [0.2, 0.25) is 11.9 Å². The number of rotatable bonds is 4. The van der Waals surface area contributed by atoms with Crippen molar-refractivity contribution in [3.05, 3.63) is 41.1 Å². The van der Waals surface area contributed by atoms with Crippen LogP contribution in [0, 0.1) is 5.41 Å². The molecule has 1 fully saturated rings. The SMILES string of the molecule is N=C/C=C1\NC(NC2CCNC2=O)=NN=C1c1ccc(C(F)(F)F)cc1OC(F)(F)F. The molecule has 2 heterocycles. The van der Waals surface area contributed by atoms with Crippen molar-refractivity contribution in [1.29, 1.82) is 5.41 Å². The predicted molar refractivity (Wildman–Crippen MR) is 96.7 cm³/mol. The van der Waals surface area contributed by atoms with Crippen LogP contribution in [0.1, 0.15) is 17.5 Å². The Morgan fingerprint density at radius 3 is 2.52 bits per heavy atom. The standard InChI is InChI=1S/C17H14F6N6O2/c18-16(19,20)8-1-2-9(12(7-8)31-17(21,22)23)13-10(3-5-24)26-15(29-28-13)27-11-4-6-25-14(11)30/h1-3,5,7,11,24H,4,6H2,(H,25,30)(H2,26,27,29)/b10-3-,24-5?. The average molecular weight is 448 g/mol. The fourth-order valence-electron chi connectivity index (χ4n) is 2.83. The molecule has 4 N–H and O–H groups in total. The number of amides is 1. The van der Waals surface area contributed by atoms with Crippen molar-refractivity contribution in [3.63, 3.8) is 0 Å². The first kappa shape index (κ1) is 22.1. The number of guanidine groups is 1. The van der Waals surface area contributed by atoms with E-state index in [-0.39, 0.29) is 29.3 Å². The number of allylic oxidation sites excluding steroid dienone is 2. The minimum Gasteiger partial charge on any atom is -0.405 e. The molecule has 1 unspecified atom stereocenters. The number of carbonyl (C=O) groups is 1. The molecule has 3 rings (SSSR count). The third-order valence-electron chi connectivity index (χ3n) is 4.16. The normalized spacial score (nSPS) is 20.5. The number of nitrogens with zero attached hydrogens (tertiary/aromatic N) is 2. The number of alkyl halides is 6. The quantitative estimate of drug-likeness (QED) is 0.418. The molecular formula is C17H14F6N6O2. The molecule has 166 valence electrons. The average Bonchev–Trinajstić information content (AvgIpc) is 3.05. The van der Waals surface area contributed by atoms with Gasteiger partial charge in [-0.25, -0.2) is 0 Å². The van der Waals surface area contributed by atoms with Crippen molar-refractivity contribution in [2.75, 3.05) is 6.54 Å². The van der Waals surface area contributed by atoms with Gasteiger partial charge >= 0.3 is 12.5 Å². The molecule has 0 aromatic heterocycles. The highest BCUT2D eigenvalue weighted by atomic mass is 19.4. The number of benzene rings is 1.